The maximum Gasteiger partial charge on any atom is 0.126 e. The van der Waals surface area contributed by atoms with Crippen molar-refractivity contribution in [1.82, 2.24) is 0 Å². The van der Waals surface area contributed by atoms with Gasteiger partial charge in [-0.25, -0.2) is 4.39 Å². The molecule has 0 aliphatic heterocycles. The summed E-state index contributed by atoms with van der Waals surface area (Å²) in [5.74, 6) is 0.159. The molecule has 1 aromatic rings. The Morgan fingerprint density at radius 2 is 2.00 bits per heavy atom. The number of aryl methyl sites for hydroxylation is 1. The summed E-state index contributed by atoms with van der Waals surface area (Å²) in [6.45, 7) is 4.77. The molecule has 1 aromatic carbocycles. The number of halogens is 1. The fraction of sp³-hybridized carbons (Fsp3) is 0.538. The van der Waals surface area contributed by atoms with Crippen molar-refractivity contribution in [1.29, 1.82) is 0 Å². The molecule has 0 atom stereocenters. The average Bonchev–Trinajstić information content (AvgIpc) is 2.20. The van der Waals surface area contributed by atoms with Gasteiger partial charge in [-0.3, -0.25) is 0 Å². The van der Waals surface area contributed by atoms with Gasteiger partial charge in [-0.1, -0.05) is 26.0 Å². The van der Waals surface area contributed by atoms with Crippen LogP contribution >= 0.6 is 0 Å². The highest BCUT2D eigenvalue weighted by Crippen LogP contribution is 2.20. The van der Waals surface area contributed by atoms with Crippen LogP contribution < -0.4 is 5.73 Å². The Morgan fingerprint density at radius 3 is 2.60 bits per heavy atom. The Labute approximate surface area is 91.5 Å². The van der Waals surface area contributed by atoms with E-state index in [1.165, 1.54) is 5.56 Å². The van der Waals surface area contributed by atoms with Gasteiger partial charge in [0, 0.05) is 0 Å². The summed E-state index contributed by atoms with van der Waals surface area (Å²) in [6.07, 6.45) is 3.12. The number of rotatable bonds is 5. The highest BCUT2D eigenvalue weighted by Gasteiger charge is 2.06. The van der Waals surface area contributed by atoms with E-state index in [4.69, 9.17) is 5.73 Å². The lowest BCUT2D eigenvalue weighted by atomic mass is 9.98. The Bertz CT molecular complexity index is 307. The molecule has 0 amide bonds. The number of benzene rings is 1. The highest BCUT2D eigenvalue weighted by molar-refractivity contribution is 5.27. The van der Waals surface area contributed by atoms with E-state index in [2.05, 4.69) is 0 Å². The van der Waals surface area contributed by atoms with Crippen molar-refractivity contribution in [3.63, 3.8) is 0 Å². The van der Waals surface area contributed by atoms with E-state index in [9.17, 15) is 4.39 Å². The summed E-state index contributed by atoms with van der Waals surface area (Å²) < 4.78 is 13.4. The summed E-state index contributed by atoms with van der Waals surface area (Å²) in [6, 6.07) is 5.43. The number of hydrogen-bond acceptors (Lipinski definition) is 1. The number of unbranched alkanes of at least 4 members (excludes halogenated alkanes) is 1. The van der Waals surface area contributed by atoms with E-state index in [0.29, 0.717) is 0 Å². The molecule has 84 valence electrons. The summed E-state index contributed by atoms with van der Waals surface area (Å²) in [5.41, 5.74) is 7.47. The molecule has 0 radical (unpaired) electrons. The minimum absolute atomic E-state index is 0.0902. The Morgan fingerprint density at radius 1 is 1.27 bits per heavy atom. The first kappa shape index (κ1) is 12.2. The molecule has 0 saturated heterocycles. The van der Waals surface area contributed by atoms with Gasteiger partial charge < -0.3 is 5.73 Å². The van der Waals surface area contributed by atoms with Gasteiger partial charge in [-0.05, 0) is 48.9 Å². The molecule has 15 heavy (non-hydrogen) atoms. The van der Waals surface area contributed by atoms with E-state index in [0.717, 1.165) is 31.4 Å². The lowest BCUT2D eigenvalue weighted by molar-refractivity contribution is 0.596. The van der Waals surface area contributed by atoms with Crippen molar-refractivity contribution in [3.05, 3.63) is 35.1 Å². The van der Waals surface area contributed by atoms with Gasteiger partial charge in [0.25, 0.3) is 0 Å². The summed E-state index contributed by atoms with van der Waals surface area (Å²) >= 11 is 0. The monoisotopic (exact) mass is 209 g/mol. The molecule has 1 nitrogen and oxygen atoms in total. The van der Waals surface area contributed by atoms with Crippen LogP contribution in [0, 0.1) is 5.82 Å². The van der Waals surface area contributed by atoms with Crippen LogP contribution in [0.1, 0.15) is 43.7 Å². The third kappa shape index (κ3) is 3.63. The summed E-state index contributed by atoms with van der Waals surface area (Å²) in [7, 11) is 0. The number of nitrogens with two attached hydrogens (primary N) is 1. The third-order valence-corrected chi connectivity index (χ3v) is 2.60. The van der Waals surface area contributed by atoms with E-state index in [-0.39, 0.29) is 11.7 Å². The molecule has 2 N–H and O–H groups in total. The second kappa shape index (κ2) is 5.86. The molecular formula is C13H20FN. The first-order chi connectivity index (χ1) is 7.15. The molecule has 0 aliphatic rings. The predicted molar refractivity (Wildman–Crippen MR) is 62.5 cm³/mol. The standard InChI is InChI=1S/C13H20FN/c1-10(2)12-9-11(5-3-4-8-15)6-7-13(12)14/h6-7,9-10H,3-5,8,15H2,1-2H3. The SMILES string of the molecule is CC(C)c1cc(CCCCN)ccc1F. The van der Waals surface area contributed by atoms with E-state index < -0.39 is 0 Å². The highest BCUT2D eigenvalue weighted by atomic mass is 19.1. The van der Waals surface area contributed by atoms with Crippen molar-refractivity contribution in [2.45, 2.75) is 39.0 Å². The molecular weight excluding hydrogens is 189 g/mol. The summed E-state index contributed by atoms with van der Waals surface area (Å²) in [4.78, 5) is 0. The molecule has 0 aliphatic carbocycles. The zero-order valence-electron chi connectivity index (χ0n) is 9.59. The second-order valence-corrected chi connectivity index (χ2v) is 4.26. The van der Waals surface area contributed by atoms with Gasteiger partial charge in [0.1, 0.15) is 5.82 Å². The molecule has 0 fully saturated rings. The predicted octanol–water partition coefficient (Wildman–Crippen LogP) is 3.23. The van der Waals surface area contributed by atoms with Gasteiger partial charge in [0.2, 0.25) is 0 Å². The third-order valence-electron chi connectivity index (χ3n) is 2.60. The van der Waals surface area contributed by atoms with Gasteiger partial charge in [0.05, 0.1) is 0 Å². The van der Waals surface area contributed by atoms with Crippen LogP contribution in [-0.4, -0.2) is 6.54 Å². The minimum atomic E-state index is -0.0902. The molecule has 0 spiro atoms. The summed E-state index contributed by atoms with van der Waals surface area (Å²) in [5, 5.41) is 0. The topological polar surface area (TPSA) is 26.0 Å². The number of hydrogen-bond donors (Lipinski definition) is 1. The Kier molecular flexibility index (Phi) is 4.76. The van der Waals surface area contributed by atoms with Crippen molar-refractivity contribution >= 4 is 0 Å². The fourth-order valence-electron chi connectivity index (χ4n) is 1.66. The van der Waals surface area contributed by atoms with Gasteiger partial charge in [-0.15, -0.1) is 0 Å². The van der Waals surface area contributed by atoms with E-state index in [1.54, 1.807) is 6.07 Å². The van der Waals surface area contributed by atoms with Crippen molar-refractivity contribution in [2.24, 2.45) is 5.73 Å². The first-order valence-electron chi connectivity index (χ1n) is 5.63. The Balaban J connectivity index is 2.70. The van der Waals surface area contributed by atoms with Crippen LogP contribution in [-0.2, 0) is 6.42 Å². The van der Waals surface area contributed by atoms with Crippen LogP contribution in [0.5, 0.6) is 0 Å². The van der Waals surface area contributed by atoms with Crippen LogP contribution in [0.4, 0.5) is 4.39 Å². The quantitative estimate of drug-likeness (QED) is 0.740. The molecule has 0 aromatic heterocycles. The zero-order valence-corrected chi connectivity index (χ0v) is 9.59. The fourth-order valence-corrected chi connectivity index (χ4v) is 1.66. The minimum Gasteiger partial charge on any atom is -0.330 e. The molecule has 2 heteroatoms. The Hall–Kier alpha value is -0.890. The average molecular weight is 209 g/mol. The first-order valence-corrected chi connectivity index (χ1v) is 5.63. The van der Waals surface area contributed by atoms with Crippen molar-refractivity contribution < 1.29 is 4.39 Å². The molecule has 0 saturated carbocycles. The maximum absolute atomic E-state index is 13.4. The van der Waals surface area contributed by atoms with Gasteiger partial charge >= 0.3 is 0 Å². The van der Waals surface area contributed by atoms with Crippen LogP contribution in [0.25, 0.3) is 0 Å². The van der Waals surface area contributed by atoms with Gasteiger partial charge in [-0.2, -0.15) is 0 Å². The van der Waals surface area contributed by atoms with Crippen molar-refractivity contribution in [3.8, 4) is 0 Å². The van der Waals surface area contributed by atoms with Crippen LogP contribution in [0.2, 0.25) is 0 Å². The molecule has 1 rings (SSSR count). The van der Waals surface area contributed by atoms with Crippen LogP contribution in [0.15, 0.2) is 18.2 Å². The van der Waals surface area contributed by atoms with E-state index >= 15 is 0 Å². The van der Waals surface area contributed by atoms with Crippen molar-refractivity contribution in [2.75, 3.05) is 6.54 Å². The normalized spacial score (nSPS) is 11.0. The zero-order chi connectivity index (χ0) is 11.3. The lowest BCUT2D eigenvalue weighted by Gasteiger charge is -2.09. The van der Waals surface area contributed by atoms with Crippen LogP contribution in [0.3, 0.4) is 0 Å². The van der Waals surface area contributed by atoms with Gasteiger partial charge in [0.15, 0.2) is 0 Å². The molecule has 0 heterocycles. The largest absolute Gasteiger partial charge is 0.330 e. The maximum atomic E-state index is 13.4. The smallest absolute Gasteiger partial charge is 0.126 e. The molecule has 0 bridgehead atoms. The second-order valence-electron chi connectivity index (χ2n) is 4.26. The van der Waals surface area contributed by atoms with E-state index in [1.807, 2.05) is 26.0 Å². The lowest BCUT2D eigenvalue weighted by Crippen LogP contribution is -2.00. The molecule has 0 unspecified atom stereocenters.